The van der Waals surface area contributed by atoms with E-state index in [4.69, 9.17) is 0 Å². The van der Waals surface area contributed by atoms with Gasteiger partial charge in [0.1, 0.15) is 0 Å². The van der Waals surface area contributed by atoms with Crippen molar-refractivity contribution in [2.75, 3.05) is 20.1 Å². The predicted molar refractivity (Wildman–Crippen MR) is 89.5 cm³/mol. The summed E-state index contributed by atoms with van der Waals surface area (Å²) in [6.45, 7) is 4.40. The maximum Gasteiger partial charge on any atom is 0.274 e. The van der Waals surface area contributed by atoms with Crippen molar-refractivity contribution in [1.82, 2.24) is 29.4 Å². The first-order valence-corrected chi connectivity index (χ1v) is 8.74. The summed E-state index contributed by atoms with van der Waals surface area (Å²) >= 11 is 0. The second-order valence-electron chi connectivity index (χ2n) is 6.86. The number of fused-ring (bicyclic) bond motifs is 1. The molecule has 2 aliphatic heterocycles. The van der Waals surface area contributed by atoms with E-state index in [0.717, 1.165) is 57.7 Å². The SMILES string of the molecule is CN1CCCn2nc(C(=O)N3CCCC3Cn3cccn3)cc2C1. The van der Waals surface area contributed by atoms with Crippen LogP contribution in [0.1, 0.15) is 35.4 Å². The fraction of sp³-hybridized carbons (Fsp3) is 0.588. The Hall–Kier alpha value is -2.15. The quantitative estimate of drug-likeness (QED) is 0.850. The number of rotatable bonds is 3. The molecule has 0 aliphatic carbocycles. The maximum absolute atomic E-state index is 13.0. The summed E-state index contributed by atoms with van der Waals surface area (Å²) in [4.78, 5) is 17.2. The van der Waals surface area contributed by atoms with E-state index in [-0.39, 0.29) is 11.9 Å². The van der Waals surface area contributed by atoms with Crippen LogP contribution in [-0.4, -0.2) is 61.4 Å². The summed E-state index contributed by atoms with van der Waals surface area (Å²) in [5.74, 6) is 0.0629. The van der Waals surface area contributed by atoms with Gasteiger partial charge in [-0.15, -0.1) is 0 Å². The van der Waals surface area contributed by atoms with E-state index in [1.165, 1.54) is 0 Å². The standard InChI is InChI=1S/C17H24N6O/c1-20-7-4-10-23-15(12-20)11-16(19-23)17(24)22-9-2-5-14(22)13-21-8-3-6-18-21/h3,6,8,11,14H,2,4-5,7,9-10,12-13H2,1H3. The van der Waals surface area contributed by atoms with Crippen LogP contribution < -0.4 is 0 Å². The third-order valence-corrected chi connectivity index (χ3v) is 5.02. The highest BCUT2D eigenvalue weighted by molar-refractivity contribution is 5.92. The molecule has 7 heteroatoms. The van der Waals surface area contributed by atoms with Crippen molar-refractivity contribution in [3.8, 4) is 0 Å². The monoisotopic (exact) mass is 328 g/mol. The van der Waals surface area contributed by atoms with Gasteiger partial charge in [0.05, 0.1) is 18.3 Å². The van der Waals surface area contributed by atoms with E-state index >= 15 is 0 Å². The van der Waals surface area contributed by atoms with Crippen molar-refractivity contribution in [2.45, 2.75) is 44.9 Å². The van der Waals surface area contributed by atoms with Gasteiger partial charge < -0.3 is 9.80 Å². The van der Waals surface area contributed by atoms with Gasteiger partial charge >= 0.3 is 0 Å². The van der Waals surface area contributed by atoms with Gasteiger partial charge in [-0.05, 0) is 38.4 Å². The number of likely N-dealkylation sites (tertiary alicyclic amines) is 1. The normalized spacial score (nSPS) is 21.7. The van der Waals surface area contributed by atoms with E-state index < -0.39 is 0 Å². The van der Waals surface area contributed by atoms with E-state index in [1.807, 2.05) is 32.6 Å². The van der Waals surface area contributed by atoms with Gasteiger partial charge in [-0.25, -0.2) is 0 Å². The Morgan fingerprint density at radius 1 is 1.29 bits per heavy atom. The average Bonchev–Trinajstić information content (AvgIpc) is 3.28. The highest BCUT2D eigenvalue weighted by Gasteiger charge is 2.31. The van der Waals surface area contributed by atoms with Crippen LogP contribution in [-0.2, 0) is 19.6 Å². The molecule has 7 nitrogen and oxygen atoms in total. The summed E-state index contributed by atoms with van der Waals surface area (Å²) in [5, 5.41) is 8.87. The van der Waals surface area contributed by atoms with Crippen molar-refractivity contribution >= 4 is 5.91 Å². The van der Waals surface area contributed by atoms with Gasteiger partial charge in [-0.3, -0.25) is 14.2 Å². The van der Waals surface area contributed by atoms with Gasteiger partial charge in [0.25, 0.3) is 5.91 Å². The van der Waals surface area contributed by atoms with E-state index in [1.54, 1.807) is 6.20 Å². The van der Waals surface area contributed by atoms with Crippen LogP contribution in [0, 0.1) is 0 Å². The maximum atomic E-state index is 13.0. The molecule has 0 bridgehead atoms. The number of hydrogen-bond donors (Lipinski definition) is 0. The van der Waals surface area contributed by atoms with Gasteiger partial charge in [-0.2, -0.15) is 10.2 Å². The van der Waals surface area contributed by atoms with Crippen LogP contribution in [0.4, 0.5) is 0 Å². The zero-order valence-electron chi connectivity index (χ0n) is 14.1. The Bertz CT molecular complexity index is 707. The molecule has 0 spiro atoms. The predicted octanol–water partition coefficient (Wildman–Crippen LogP) is 1.22. The van der Waals surface area contributed by atoms with Crippen LogP contribution in [0.15, 0.2) is 24.5 Å². The molecule has 4 heterocycles. The van der Waals surface area contributed by atoms with Crippen molar-refractivity contribution in [3.63, 3.8) is 0 Å². The van der Waals surface area contributed by atoms with Crippen molar-refractivity contribution in [3.05, 3.63) is 35.9 Å². The molecule has 1 fully saturated rings. The molecule has 4 rings (SSSR count). The Labute approximate surface area is 141 Å². The first-order chi connectivity index (χ1) is 11.7. The lowest BCUT2D eigenvalue weighted by atomic mass is 10.2. The molecule has 0 radical (unpaired) electrons. The minimum Gasteiger partial charge on any atom is -0.332 e. The fourth-order valence-electron chi connectivity index (χ4n) is 3.79. The zero-order chi connectivity index (χ0) is 16.5. The molecule has 1 amide bonds. The number of aryl methyl sites for hydroxylation is 1. The van der Waals surface area contributed by atoms with Crippen molar-refractivity contribution in [1.29, 1.82) is 0 Å². The molecule has 2 aromatic heterocycles. The van der Waals surface area contributed by atoms with Crippen LogP contribution in [0.25, 0.3) is 0 Å². The highest BCUT2D eigenvalue weighted by atomic mass is 16.2. The molecule has 0 aromatic carbocycles. The van der Waals surface area contributed by atoms with Crippen LogP contribution in [0.2, 0.25) is 0 Å². The van der Waals surface area contributed by atoms with E-state index in [0.29, 0.717) is 5.69 Å². The lowest BCUT2D eigenvalue weighted by molar-refractivity contribution is 0.0714. The summed E-state index contributed by atoms with van der Waals surface area (Å²) in [7, 11) is 2.12. The molecule has 0 saturated carbocycles. The average molecular weight is 328 g/mol. The fourth-order valence-corrected chi connectivity index (χ4v) is 3.79. The summed E-state index contributed by atoms with van der Waals surface area (Å²) in [6, 6.07) is 4.11. The Morgan fingerprint density at radius 3 is 3.04 bits per heavy atom. The number of amides is 1. The van der Waals surface area contributed by atoms with Gasteiger partial charge in [0.2, 0.25) is 0 Å². The van der Waals surface area contributed by atoms with Crippen LogP contribution in [0.3, 0.4) is 0 Å². The first kappa shape index (κ1) is 15.4. The third kappa shape index (κ3) is 2.96. The lowest BCUT2D eigenvalue weighted by Crippen LogP contribution is -2.38. The molecule has 2 aliphatic rings. The Kier molecular flexibility index (Phi) is 4.10. The van der Waals surface area contributed by atoms with Crippen molar-refractivity contribution < 1.29 is 4.79 Å². The molecule has 1 unspecified atom stereocenters. The molecule has 1 saturated heterocycles. The second-order valence-corrected chi connectivity index (χ2v) is 6.86. The number of carbonyl (C=O) groups is 1. The lowest BCUT2D eigenvalue weighted by Gasteiger charge is -2.23. The topological polar surface area (TPSA) is 59.2 Å². The van der Waals surface area contributed by atoms with Gasteiger partial charge in [0, 0.05) is 38.6 Å². The third-order valence-electron chi connectivity index (χ3n) is 5.02. The number of nitrogens with zero attached hydrogens (tertiary/aromatic N) is 6. The molecular formula is C17H24N6O. The summed E-state index contributed by atoms with van der Waals surface area (Å²) < 4.78 is 3.92. The molecule has 128 valence electrons. The minimum absolute atomic E-state index is 0.0629. The minimum atomic E-state index is 0.0629. The second kappa shape index (κ2) is 6.39. The van der Waals surface area contributed by atoms with Gasteiger partial charge in [-0.1, -0.05) is 0 Å². The molecule has 0 N–H and O–H groups in total. The number of hydrogen-bond acceptors (Lipinski definition) is 4. The largest absolute Gasteiger partial charge is 0.332 e. The molecule has 2 aromatic rings. The summed E-state index contributed by atoms with van der Waals surface area (Å²) in [5.41, 5.74) is 1.73. The first-order valence-electron chi connectivity index (χ1n) is 8.74. The van der Waals surface area contributed by atoms with Crippen LogP contribution >= 0.6 is 0 Å². The van der Waals surface area contributed by atoms with Gasteiger partial charge in [0.15, 0.2) is 5.69 Å². The highest BCUT2D eigenvalue weighted by Crippen LogP contribution is 2.22. The van der Waals surface area contributed by atoms with Crippen LogP contribution in [0.5, 0.6) is 0 Å². The molecular weight excluding hydrogens is 304 g/mol. The zero-order valence-corrected chi connectivity index (χ0v) is 14.1. The molecule has 24 heavy (non-hydrogen) atoms. The number of aromatic nitrogens is 4. The van der Waals surface area contributed by atoms with Crippen molar-refractivity contribution in [2.24, 2.45) is 0 Å². The summed E-state index contributed by atoms with van der Waals surface area (Å²) in [6.07, 6.45) is 6.89. The molecule has 1 atom stereocenters. The Balaban J connectivity index is 1.51. The Morgan fingerprint density at radius 2 is 2.21 bits per heavy atom. The number of carbonyl (C=O) groups excluding carboxylic acids is 1. The van der Waals surface area contributed by atoms with E-state index in [2.05, 4.69) is 22.1 Å². The van der Waals surface area contributed by atoms with E-state index in [9.17, 15) is 4.79 Å². The smallest absolute Gasteiger partial charge is 0.274 e.